The van der Waals surface area contributed by atoms with Gasteiger partial charge in [0.2, 0.25) is 0 Å². The van der Waals surface area contributed by atoms with Gasteiger partial charge < -0.3 is 9.47 Å². The van der Waals surface area contributed by atoms with E-state index in [4.69, 9.17) is 0 Å². The first-order valence-electron chi connectivity index (χ1n) is 21.2. The molecule has 0 spiro atoms. The summed E-state index contributed by atoms with van der Waals surface area (Å²) in [5.41, 5.74) is -31.9. The Morgan fingerprint density at radius 2 is 0.430 bits per heavy atom. The van der Waals surface area contributed by atoms with Crippen LogP contribution in [0.4, 0.5) is 192 Å². The van der Waals surface area contributed by atoms with E-state index in [2.05, 4.69) is 9.47 Å². The van der Waals surface area contributed by atoms with Gasteiger partial charge in [-0.15, -0.1) is 0 Å². The van der Waals surface area contributed by atoms with Crippen molar-refractivity contribution in [2.24, 2.45) is 0 Å². The number of para-hydroxylation sites is 4. The van der Waals surface area contributed by atoms with Crippen LogP contribution < -0.4 is 19.3 Å². The van der Waals surface area contributed by atoms with E-state index in [1.807, 2.05) is 0 Å². The third-order valence-corrected chi connectivity index (χ3v) is 11.3. The summed E-state index contributed by atoms with van der Waals surface area (Å²) in [4.78, 5) is -3.11. The molecule has 0 heterocycles. The van der Waals surface area contributed by atoms with E-state index in [1.165, 1.54) is 0 Å². The standard InChI is InChI=1S/C46H12F36N2O2/c47-19-15(41(67,68)69)20(48)28(56)35(27(19)55)83(36-29(57)21(49)16(42(70,71)72)22(50)30(36)58)11-5-1-3-7-13(11)85-9-39(63,64)45(79,80)46(81,82)40(65,66)10-86-14-8-4-2-6-12(14)84(37-31(59)23(51)17(43(73,74)75)24(52)32(37)60)38-33(61)25(53)18(44(76,77)78)26(54)34(38)62/h1-8H,9-10H2. The van der Waals surface area contributed by atoms with Gasteiger partial charge in [-0.3, -0.25) is 9.80 Å². The Bertz CT molecular complexity index is 3140. The molecule has 40 heteroatoms. The summed E-state index contributed by atoms with van der Waals surface area (Å²) >= 11 is 0. The zero-order valence-corrected chi connectivity index (χ0v) is 39.4. The molecule has 86 heavy (non-hydrogen) atoms. The Morgan fingerprint density at radius 1 is 0.256 bits per heavy atom. The molecule has 470 valence electrons. The quantitative estimate of drug-likeness (QED) is 0.0756. The predicted molar refractivity (Wildman–Crippen MR) is 212 cm³/mol. The van der Waals surface area contributed by atoms with Crippen molar-refractivity contribution in [3.05, 3.63) is 164 Å². The molecule has 6 rings (SSSR count). The van der Waals surface area contributed by atoms with Gasteiger partial charge >= 0.3 is 48.4 Å². The Hall–Kier alpha value is -8.00. The molecule has 0 unspecified atom stereocenters. The number of alkyl halides is 20. The minimum absolute atomic E-state index is 0.188. The van der Waals surface area contributed by atoms with Gasteiger partial charge in [-0.2, -0.15) is 87.8 Å². The van der Waals surface area contributed by atoms with Crippen molar-refractivity contribution >= 4 is 34.1 Å². The van der Waals surface area contributed by atoms with Gasteiger partial charge in [0.1, 0.15) is 56.5 Å². The Morgan fingerprint density at radius 3 is 0.605 bits per heavy atom. The molecule has 0 saturated carbocycles. The smallest absolute Gasteiger partial charge is 0.422 e. The molecular weight excluding hydrogens is 1300 g/mol. The van der Waals surface area contributed by atoms with Crippen LogP contribution in [0.25, 0.3) is 0 Å². The molecule has 0 aliphatic carbocycles. The van der Waals surface area contributed by atoms with Gasteiger partial charge in [-0.1, -0.05) is 24.3 Å². The van der Waals surface area contributed by atoms with Crippen molar-refractivity contribution in [2.45, 2.75) is 48.4 Å². The van der Waals surface area contributed by atoms with E-state index in [0.29, 0.717) is 0 Å². The van der Waals surface area contributed by atoms with Crippen LogP contribution in [0.15, 0.2) is 48.5 Å². The van der Waals surface area contributed by atoms with Crippen molar-refractivity contribution in [1.29, 1.82) is 0 Å². The lowest BCUT2D eigenvalue weighted by Crippen LogP contribution is -2.65. The van der Waals surface area contributed by atoms with Gasteiger partial charge in [-0.05, 0) is 24.3 Å². The lowest BCUT2D eigenvalue weighted by atomic mass is 9.99. The van der Waals surface area contributed by atoms with Gasteiger partial charge in [0.15, 0.2) is 106 Å². The number of benzene rings is 6. The monoisotopic (exact) mass is 1310 g/mol. The highest BCUT2D eigenvalue weighted by Crippen LogP contribution is 2.56. The van der Waals surface area contributed by atoms with Gasteiger partial charge in [0.05, 0.1) is 11.4 Å². The molecule has 0 N–H and O–H groups in total. The first-order chi connectivity index (χ1) is 39.0. The van der Waals surface area contributed by atoms with Crippen molar-refractivity contribution in [1.82, 2.24) is 0 Å². The first-order valence-corrected chi connectivity index (χ1v) is 21.2. The fourth-order valence-electron chi connectivity index (χ4n) is 7.47. The Kier molecular flexibility index (Phi) is 17.2. The van der Waals surface area contributed by atoms with Crippen molar-refractivity contribution in [3.63, 3.8) is 0 Å². The van der Waals surface area contributed by atoms with Crippen LogP contribution >= 0.6 is 0 Å². The van der Waals surface area contributed by atoms with Crippen LogP contribution in [0.2, 0.25) is 0 Å². The van der Waals surface area contributed by atoms with E-state index in [-0.39, 0.29) is 48.5 Å². The summed E-state index contributed by atoms with van der Waals surface area (Å²) in [6, 6.07) is -0.113. The van der Waals surface area contributed by atoms with Crippen molar-refractivity contribution in [3.8, 4) is 11.5 Å². The molecule has 0 aliphatic rings. The highest BCUT2D eigenvalue weighted by molar-refractivity contribution is 5.83. The second-order valence-corrected chi connectivity index (χ2v) is 16.7. The molecule has 0 amide bonds. The summed E-state index contributed by atoms with van der Waals surface area (Å²) in [7, 11) is 0. The highest BCUT2D eigenvalue weighted by Gasteiger charge is 2.81. The molecular formula is C46H12F36N2O2. The zero-order chi connectivity index (χ0) is 65.8. The molecule has 0 fully saturated rings. The summed E-state index contributed by atoms with van der Waals surface area (Å²) < 4.78 is 537. The number of anilines is 6. The third-order valence-electron chi connectivity index (χ3n) is 11.3. The lowest BCUT2D eigenvalue weighted by Gasteiger charge is -2.37. The maximum Gasteiger partial charge on any atom is 0.422 e. The SMILES string of the molecule is Fc1c(F)c(C(F)(F)F)c(F)c(F)c1N(c1ccccc1OCC(F)(F)C(F)(F)C(F)(F)C(F)(F)COc1ccccc1N(c1c(F)c(F)c(C(F)(F)F)c(F)c1F)c1c(F)c(F)c(C(F)(F)F)c(F)c1F)c1c(F)c(F)c(C(F)(F)F)c(F)c1F. The number of nitrogens with zero attached hydrogens (tertiary/aromatic N) is 2. The number of rotatable bonds is 15. The second kappa shape index (κ2) is 22.1. The Labute approximate surface area is 448 Å². The molecule has 6 aromatic carbocycles. The molecule has 0 radical (unpaired) electrons. The summed E-state index contributed by atoms with van der Waals surface area (Å²) in [6.45, 7) is -7.52. The van der Waals surface area contributed by atoms with E-state index >= 15 is 70.2 Å². The van der Waals surface area contributed by atoms with Crippen LogP contribution in [0.1, 0.15) is 22.3 Å². The maximum absolute atomic E-state index is 15.6. The van der Waals surface area contributed by atoms with E-state index in [1.54, 1.807) is 0 Å². The van der Waals surface area contributed by atoms with Gasteiger partial charge in [0.25, 0.3) is 0 Å². The molecule has 6 aromatic rings. The highest BCUT2D eigenvalue weighted by atomic mass is 19.4. The van der Waals surface area contributed by atoms with E-state index in [9.17, 15) is 87.8 Å². The molecule has 0 aromatic heterocycles. The third kappa shape index (κ3) is 11.0. The molecule has 0 atom stereocenters. The predicted octanol–water partition coefficient (Wildman–Crippen LogP) is 18.9. The number of ether oxygens (including phenoxy) is 2. The summed E-state index contributed by atoms with van der Waals surface area (Å²) in [6.07, 6.45) is -26.2. The first kappa shape index (κ1) is 67.1. The van der Waals surface area contributed by atoms with Gasteiger partial charge in [-0.25, -0.2) is 70.2 Å². The maximum atomic E-state index is 15.6. The minimum Gasteiger partial charge on any atom is -0.485 e. The van der Waals surface area contributed by atoms with Crippen LogP contribution in [0.3, 0.4) is 0 Å². The normalized spacial score (nSPS) is 13.2. The number of hydrogen-bond acceptors (Lipinski definition) is 4. The van der Waals surface area contributed by atoms with Crippen LogP contribution in [0.5, 0.6) is 11.5 Å². The Balaban J connectivity index is 1.47. The second-order valence-electron chi connectivity index (χ2n) is 16.7. The fourth-order valence-corrected chi connectivity index (χ4v) is 7.47. The molecule has 4 nitrogen and oxygen atoms in total. The van der Waals surface area contributed by atoms with Gasteiger partial charge in [0, 0.05) is 0 Å². The topological polar surface area (TPSA) is 24.9 Å². The minimum atomic E-state index is -7.88. The number of hydrogen-bond donors (Lipinski definition) is 0. The van der Waals surface area contributed by atoms with Crippen LogP contribution in [-0.2, 0) is 24.7 Å². The van der Waals surface area contributed by atoms with E-state index in [0.717, 1.165) is 0 Å². The molecule has 0 saturated heterocycles. The average Bonchev–Trinajstić information content (AvgIpc) is 0.861. The average molecular weight is 1310 g/mol. The number of halogens is 36. The van der Waals surface area contributed by atoms with E-state index < -0.39 is 232 Å². The van der Waals surface area contributed by atoms with Crippen molar-refractivity contribution in [2.75, 3.05) is 23.0 Å². The molecule has 0 bridgehead atoms. The van der Waals surface area contributed by atoms with Crippen LogP contribution in [0, 0.1) is 93.1 Å². The largest absolute Gasteiger partial charge is 0.485 e. The summed E-state index contributed by atoms with van der Waals surface area (Å²) in [5.74, 6) is -93.5. The zero-order valence-electron chi connectivity index (χ0n) is 39.4. The van der Waals surface area contributed by atoms with Crippen molar-refractivity contribution < 1.29 is 168 Å². The lowest BCUT2D eigenvalue weighted by molar-refractivity contribution is -0.371. The molecule has 0 aliphatic heterocycles. The van der Waals surface area contributed by atoms with Crippen LogP contribution in [-0.4, -0.2) is 36.9 Å². The summed E-state index contributed by atoms with van der Waals surface area (Å²) in [5, 5.41) is 0. The fraction of sp³-hybridized carbons (Fsp3) is 0.217.